The number of nitrogens with zero attached hydrogens (tertiary/aromatic N) is 5. The van der Waals surface area contributed by atoms with Gasteiger partial charge in [-0.1, -0.05) is 32.5 Å². The molecule has 10 heteroatoms. The lowest BCUT2D eigenvalue weighted by Gasteiger charge is -2.15. The quantitative estimate of drug-likeness (QED) is 0.264. The molecule has 3 aromatic heterocycles. The van der Waals surface area contributed by atoms with Crippen LogP contribution in [-0.4, -0.2) is 50.9 Å². The van der Waals surface area contributed by atoms with Crippen LogP contribution in [0.1, 0.15) is 36.0 Å². The van der Waals surface area contributed by atoms with E-state index in [0.29, 0.717) is 47.0 Å². The Kier molecular flexibility index (Phi) is 6.65. The largest absolute Gasteiger partial charge is 0.361 e. The number of rotatable bonds is 8. The van der Waals surface area contributed by atoms with Gasteiger partial charge in [-0.3, -0.25) is 9.48 Å². The smallest absolute Gasteiger partial charge is 0.255 e. The van der Waals surface area contributed by atoms with Gasteiger partial charge in [0.05, 0.1) is 17.3 Å². The summed E-state index contributed by atoms with van der Waals surface area (Å²) in [7, 11) is 0.559. The van der Waals surface area contributed by atoms with E-state index in [1.54, 1.807) is 30.2 Å². The highest BCUT2D eigenvalue weighted by Crippen LogP contribution is 2.29. The number of fused-ring (bicyclic) bond motifs is 2. The second-order valence-electron chi connectivity index (χ2n) is 10.9. The van der Waals surface area contributed by atoms with Gasteiger partial charge in [-0.15, -0.1) is 0 Å². The van der Waals surface area contributed by atoms with Crippen LogP contribution in [0.25, 0.3) is 33.5 Å². The van der Waals surface area contributed by atoms with Gasteiger partial charge in [-0.2, -0.15) is 5.10 Å². The Labute approximate surface area is 210 Å². The van der Waals surface area contributed by atoms with Crippen molar-refractivity contribution in [3.63, 3.8) is 0 Å². The topological polar surface area (TPSA) is 86.9 Å². The molecular weight excluding hydrogens is 475 g/mol. The molecule has 8 nitrogen and oxygen atoms in total. The van der Waals surface area contributed by atoms with Gasteiger partial charge >= 0.3 is 0 Å². The number of carbonyl (C=O) groups excluding carboxylic acids is 1. The second-order valence-corrected chi connectivity index (χ2v) is 16.5. The summed E-state index contributed by atoms with van der Waals surface area (Å²) in [5, 5.41) is 8.52. The fourth-order valence-corrected chi connectivity index (χ4v) is 5.48. The molecule has 0 aliphatic heterocycles. The van der Waals surface area contributed by atoms with Crippen molar-refractivity contribution in [2.45, 2.75) is 64.1 Å². The highest BCUT2D eigenvalue weighted by atomic mass is 28.3. The lowest BCUT2D eigenvalue weighted by atomic mass is 10.1. The number of nitrogens with one attached hydrogen (secondary N) is 1. The van der Waals surface area contributed by atoms with Crippen molar-refractivity contribution in [3.8, 4) is 11.4 Å². The highest BCUT2D eigenvalue weighted by molar-refractivity contribution is 6.76. The summed E-state index contributed by atoms with van der Waals surface area (Å²) in [5.74, 6) is -0.470. The standard InChI is InChI=1S/C26H33FN6O2Si/c1-32-22-13-17(27)9-10-19(22)23(31-32)21-14-28-25-24(30-21)20(26(34)29-18-7-5-6-8-18)15-33(25)16-35-11-12-36(2,3)4/h9-10,13-15,18H,5-8,11-12,16H2,1-4H3,(H,29,34). The molecular formula is C26H33FN6O2Si. The third-order valence-electron chi connectivity index (χ3n) is 6.78. The van der Waals surface area contributed by atoms with E-state index in [0.717, 1.165) is 37.1 Å². The molecule has 0 spiro atoms. The molecule has 5 rings (SSSR count). The van der Waals surface area contributed by atoms with Crippen molar-refractivity contribution in [2.75, 3.05) is 6.61 Å². The van der Waals surface area contributed by atoms with Crippen LogP contribution < -0.4 is 5.32 Å². The number of aromatic nitrogens is 5. The molecule has 1 aliphatic rings. The summed E-state index contributed by atoms with van der Waals surface area (Å²) in [5.41, 5.74) is 3.38. The van der Waals surface area contributed by atoms with Crippen LogP contribution in [0, 0.1) is 5.82 Å². The zero-order valence-corrected chi connectivity index (χ0v) is 22.3. The van der Waals surface area contributed by atoms with Gasteiger partial charge in [0.25, 0.3) is 5.91 Å². The Hall–Kier alpha value is -3.11. The first-order valence-corrected chi connectivity index (χ1v) is 16.3. The lowest BCUT2D eigenvalue weighted by Crippen LogP contribution is -2.32. The van der Waals surface area contributed by atoms with E-state index in [-0.39, 0.29) is 17.8 Å². The van der Waals surface area contributed by atoms with E-state index >= 15 is 0 Å². The number of amides is 1. The molecule has 1 aromatic carbocycles. The van der Waals surface area contributed by atoms with E-state index in [2.05, 4.69) is 35.0 Å². The Morgan fingerprint density at radius 2 is 2.03 bits per heavy atom. The first kappa shape index (κ1) is 24.6. The maximum absolute atomic E-state index is 13.8. The Bertz CT molecular complexity index is 1420. The molecule has 0 saturated heterocycles. The SMILES string of the molecule is Cn1nc(-c2cnc3c(n2)c(C(=O)NC2CCCC2)cn3COCC[Si](C)(C)C)c2ccc(F)cc21. The summed E-state index contributed by atoms with van der Waals surface area (Å²) in [4.78, 5) is 22.8. The predicted molar refractivity (Wildman–Crippen MR) is 141 cm³/mol. The van der Waals surface area contributed by atoms with E-state index in [9.17, 15) is 9.18 Å². The number of halogens is 1. The highest BCUT2D eigenvalue weighted by Gasteiger charge is 2.24. The van der Waals surface area contributed by atoms with Gasteiger partial charge in [-0.25, -0.2) is 14.4 Å². The molecule has 3 heterocycles. The van der Waals surface area contributed by atoms with Crippen LogP contribution in [0.15, 0.2) is 30.6 Å². The maximum Gasteiger partial charge on any atom is 0.255 e. The molecule has 1 aliphatic carbocycles. The molecule has 1 amide bonds. The third kappa shape index (κ3) is 5.05. The number of benzene rings is 1. The van der Waals surface area contributed by atoms with Crippen LogP contribution in [-0.2, 0) is 18.5 Å². The number of hydrogen-bond acceptors (Lipinski definition) is 5. The first-order chi connectivity index (χ1) is 17.2. The fraction of sp³-hybridized carbons (Fsp3) is 0.462. The van der Waals surface area contributed by atoms with Gasteiger partial charge in [-0.05, 0) is 37.1 Å². The van der Waals surface area contributed by atoms with Crippen molar-refractivity contribution in [3.05, 3.63) is 42.0 Å². The van der Waals surface area contributed by atoms with Crippen LogP contribution in [0.3, 0.4) is 0 Å². The average Bonchev–Trinajstić information content (AvgIpc) is 3.54. The van der Waals surface area contributed by atoms with Gasteiger partial charge in [0, 0.05) is 39.4 Å². The second kappa shape index (κ2) is 9.74. The van der Waals surface area contributed by atoms with Gasteiger partial charge in [0.1, 0.15) is 29.5 Å². The van der Waals surface area contributed by atoms with Crippen LogP contribution in [0.4, 0.5) is 4.39 Å². The molecule has 1 saturated carbocycles. The Morgan fingerprint density at radius 1 is 1.25 bits per heavy atom. The molecule has 1 fully saturated rings. The predicted octanol–water partition coefficient (Wildman–Crippen LogP) is 5.11. The van der Waals surface area contributed by atoms with Crippen LogP contribution in [0.2, 0.25) is 25.7 Å². The minimum atomic E-state index is -1.21. The summed E-state index contributed by atoms with van der Waals surface area (Å²) >= 11 is 0. The maximum atomic E-state index is 13.8. The van der Waals surface area contributed by atoms with Crippen molar-refractivity contribution in [1.82, 2.24) is 29.6 Å². The normalized spacial score (nSPS) is 14.8. The van der Waals surface area contributed by atoms with E-state index in [1.807, 2.05) is 4.57 Å². The van der Waals surface area contributed by atoms with Crippen LogP contribution >= 0.6 is 0 Å². The average molecular weight is 509 g/mol. The van der Waals surface area contributed by atoms with Crippen molar-refractivity contribution in [2.24, 2.45) is 7.05 Å². The number of aryl methyl sites for hydroxylation is 1. The lowest BCUT2D eigenvalue weighted by molar-refractivity contribution is 0.0890. The van der Waals surface area contributed by atoms with Gasteiger partial charge < -0.3 is 14.6 Å². The molecule has 0 atom stereocenters. The molecule has 1 N–H and O–H groups in total. The molecule has 0 bridgehead atoms. The molecule has 190 valence electrons. The molecule has 0 radical (unpaired) electrons. The minimum absolute atomic E-state index is 0.146. The summed E-state index contributed by atoms with van der Waals surface area (Å²) in [6.07, 6.45) is 7.71. The number of hydrogen-bond donors (Lipinski definition) is 1. The summed E-state index contributed by atoms with van der Waals surface area (Å²) in [6.45, 7) is 7.92. The zero-order chi connectivity index (χ0) is 25.4. The van der Waals surface area contributed by atoms with Gasteiger partial charge in [0.15, 0.2) is 5.65 Å². The van der Waals surface area contributed by atoms with Crippen molar-refractivity contribution >= 4 is 36.0 Å². The molecule has 36 heavy (non-hydrogen) atoms. The monoisotopic (exact) mass is 508 g/mol. The van der Waals surface area contributed by atoms with Gasteiger partial charge in [0.2, 0.25) is 0 Å². The Balaban J connectivity index is 1.52. The fourth-order valence-electron chi connectivity index (χ4n) is 4.72. The van der Waals surface area contributed by atoms with Crippen molar-refractivity contribution < 1.29 is 13.9 Å². The third-order valence-corrected chi connectivity index (χ3v) is 8.49. The number of ether oxygens (including phenoxy) is 1. The van der Waals surface area contributed by atoms with E-state index in [1.165, 1.54) is 12.1 Å². The van der Waals surface area contributed by atoms with Crippen LogP contribution in [0.5, 0.6) is 0 Å². The Morgan fingerprint density at radius 3 is 2.78 bits per heavy atom. The summed E-state index contributed by atoms with van der Waals surface area (Å²) in [6, 6.07) is 5.81. The minimum Gasteiger partial charge on any atom is -0.361 e. The van der Waals surface area contributed by atoms with Crippen molar-refractivity contribution in [1.29, 1.82) is 0 Å². The molecule has 4 aromatic rings. The van der Waals surface area contributed by atoms with E-state index in [4.69, 9.17) is 9.72 Å². The number of carbonyl (C=O) groups is 1. The molecule has 0 unspecified atom stereocenters. The summed E-state index contributed by atoms with van der Waals surface area (Å²) < 4.78 is 23.3. The first-order valence-electron chi connectivity index (χ1n) is 12.6. The zero-order valence-electron chi connectivity index (χ0n) is 21.3. The van der Waals surface area contributed by atoms with E-state index < -0.39 is 8.07 Å².